The molecule has 4 nitrogen and oxygen atoms in total. The largest absolute Gasteiger partial charge is 0.302 e. The fourth-order valence-electron chi connectivity index (χ4n) is 4.37. The van der Waals surface area contributed by atoms with E-state index in [0.717, 1.165) is 30.5 Å². The molecule has 2 bridgehead atoms. The molecule has 2 fully saturated rings. The number of anilines is 1. The molecule has 1 amide bonds. The van der Waals surface area contributed by atoms with E-state index < -0.39 is 0 Å². The van der Waals surface area contributed by atoms with E-state index >= 15 is 0 Å². The van der Waals surface area contributed by atoms with E-state index in [2.05, 4.69) is 42.3 Å². The van der Waals surface area contributed by atoms with E-state index in [4.69, 9.17) is 0 Å². The number of aromatic nitrogens is 1. The van der Waals surface area contributed by atoms with Crippen molar-refractivity contribution in [3.63, 3.8) is 0 Å². The first-order valence-corrected chi connectivity index (χ1v) is 10.3. The predicted molar refractivity (Wildman–Crippen MR) is 104 cm³/mol. The highest BCUT2D eigenvalue weighted by molar-refractivity contribution is 7.14. The molecule has 1 aromatic carbocycles. The van der Waals surface area contributed by atoms with Crippen LogP contribution in [0.4, 0.5) is 5.13 Å². The maximum Gasteiger partial charge on any atom is 0.229 e. The van der Waals surface area contributed by atoms with Crippen LogP contribution in [0.25, 0.3) is 11.3 Å². The Balaban J connectivity index is 1.47. The number of amides is 1. The summed E-state index contributed by atoms with van der Waals surface area (Å²) in [5, 5.41) is 5.64. The van der Waals surface area contributed by atoms with Gasteiger partial charge < -0.3 is 5.32 Å². The Labute approximate surface area is 158 Å². The van der Waals surface area contributed by atoms with Gasteiger partial charge >= 0.3 is 0 Å². The Morgan fingerprint density at radius 3 is 2.65 bits per heavy atom. The maximum atomic E-state index is 12.7. The lowest BCUT2D eigenvalue weighted by Crippen LogP contribution is -2.40. The second kappa shape index (κ2) is 6.95. The van der Waals surface area contributed by atoms with Gasteiger partial charge in [0.05, 0.1) is 5.69 Å². The van der Waals surface area contributed by atoms with Crippen LogP contribution in [-0.4, -0.2) is 16.7 Å². The zero-order valence-electron chi connectivity index (χ0n) is 15.2. The van der Waals surface area contributed by atoms with E-state index in [-0.39, 0.29) is 23.7 Å². The third-order valence-electron chi connectivity index (χ3n) is 5.82. The van der Waals surface area contributed by atoms with E-state index in [1.54, 1.807) is 0 Å². The molecule has 0 aliphatic heterocycles. The van der Waals surface area contributed by atoms with Gasteiger partial charge in [0, 0.05) is 28.7 Å². The number of nitrogens with one attached hydrogen (secondary N) is 1. The molecule has 136 valence electrons. The number of Topliss-reactive ketones (excluding diaryl/α,β-unsaturated/α-hetero) is 1. The smallest absolute Gasteiger partial charge is 0.229 e. The molecule has 5 heteroatoms. The molecule has 1 N–H and O–H groups in total. The van der Waals surface area contributed by atoms with Gasteiger partial charge in [0.25, 0.3) is 0 Å². The molecule has 1 heterocycles. The fraction of sp³-hybridized carbons (Fsp3) is 0.476. The number of nitrogens with zero attached hydrogens (tertiary/aromatic N) is 1. The molecular weight excluding hydrogens is 344 g/mol. The van der Waals surface area contributed by atoms with Crippen LogP contribution in [0, 0.1) is 31.6 Å². The average molecular weight is 369 g/mol. The van der Waals surface area contributed by atoms with Gasteiger partial charge in [-0.05, 0) is 51.2 Å². The lowest BCUT2D eigenvalue weighted by atomic mass is 9.67. The van der Waals surface area contributed by atoms with Crippen LogP contribution in [0.1, 0.15) is 43.2 Å². The number of rotatable bonds is 3. The van der Waals surface area contributed by atoms with Gasteiger partial charge in [-0.1, -0.05) is 24.1 Å². The minimum atomic E-state index is -0.0592. The third-order valence-corrected chi connectivity index (χ3v) is 6.58. The van der Waals surface area contributed by atoms with Crippen LogP contribution in [0.15, 0.2) is 23.6 Å². The number of hydrogen-bond donors (Lipinski definition) is 1. The second-order valence-corrected chi connectivity index (χ2v) is 8.60. The molecule has 2 aliphatic carbocycles. The average Bonchev–Trinajstić information content (AvgIpc) is 3.05. The van der Waals surface area contributed by atoms with E-state index in [1.165, 1.54) is 22.5 Å². The summed E-state index contributed by atoms with van der Waals surface area (Å²) in [4.78, 5) is 29.6. The summed E-state index contributed by atoms with van der Waals surface area (Å²) >= 11 is 1.46. The Bertz CT molecular complexity index is 841. The molecule has 2 aromatic rings. The topological polar surface area (TPSA) is 59.1 Å². The Hall–Kier alpha value is -2.01. The first kappa shape index (κ1) is 17.4. The van der Waals surface area contributed by atoms with Gasteiger partial charge in [-0.3, -0.25) is 9.59 Å². The Kier molecular flexibility index (Phi) is 4.65. The summed E-state index contributed by atoms with van der Waals surface area (Å²) in [5.74, 6) is 0.555. The zero-order chi connectivity index (χ0) is 18.3. The lowest BCUT2D eigenvalue weighted by Gasteiger charge is -2.36. The first-order chi connectivity index (χ1) is 12.5. The van der Waals surface area contributed by atoms with Crippen molar-refractivity contribution in [1.29, 1.82) is 0 Å². The number of hydrogen-bond acceptors (Lipinski definition) is 4. The number of thiazole rings is 1. The Morgan fingerprint density at radius 1 is 1.19 bits per heavy atom. The van der Waals surface area contributed by atoms with Crippen molar-refractivity contribution in [3.05, 3.63) is 34.7 Å². The normalized spacial score (nSPS) is 25.2. The summed E-state index contributed by atoms with van der Waals surface area (Å²) in [6.45, 7) is 4.14. The van der Waals surface area contributed by atoms with Crippen molar-refractivity contribution < 1.29 is 9.59 Å². The quantitative estimate of drug-likeness (QED) is 0.850. The van der Waals surface area contributed by atoms with Crippen LogP contribution >= 0.6 is 11.3 Å². The molecule has 0 saturated heterocycles. The number of ketones is 1. The molecule has 2 aliphatic rings. The van der Waals surface area contributed by atoms with Gasteiger partial charge in [-0.15, -0.1) is 11.3 Å². The van der Waals surface area contributed by atoms with Crippen molar-refractivity contribution in [2.24, 2.45) is 17.8 Å². The highest BCUT2D eigenvalue weighted by atomic mass is 32.1. The monoisotopic (exact) mass is 368 g/mol. The lowest BCUT2D eigenvalue weighted by molar-refractivity contribution is -0.136. The minimum absolute atomic E-state index is 0.0243. The number of aryl methyl sites for hydroxylation is 2. The number of benzene rings is 1. The van der Waals surface area contributed by atoms with Crippen molar-refractivity contribution in [2.75, 3.05) is 5.32 Å². The maximum absolute atomic E-state index is 12.7. The molecule has 1 aromatic heterocycles. The molecule has 4 rings (SSSR count). The fourth-order valence-corrected chi connectivity index (χ4v) is 5.08. The first-order valence-electron chi connectivity index (χ1n) is 9.39. The molecule has 0 spiro atoms. The number of fused-ring (bicyclic) bond motifs is 2. The summed E-state index contributed by atoms with van der Waals surface area (Å²) in [6.07, 6.45) is 4.44. The zero-order valence-corrected chi connectivity index (χ0v) is 16.1. The van der Waals surface area contributed by atoms with Crippen LogP contribution in [0.5, 0.6) is 0 Å². The van der Waals surface area contributed by atoms with Crippen molar-refractivity contribution in [3.8, 4) is 11.3 Å². The standard InChI is InChI=1S/C21H24N2O2S/c1-12-6-7-13(2)17(8-12)18-11-26-21(22-18)23-20(25)16-9-14-4-3-5-15(10-16)19(14)24/h6-8,11,14-16H,3-5,9-10H2,1-2H3,(H,22,23,25)/t14-,15+,16?. The molecule has 26 heavy (non-hydrogen) atoms. The van der Waals surface area contributed by atoms with Crippen molar-refractivity contribution >= 4 is 28.2 Å². The van der Waals surface area contributed by atoms with E-state index in [9.17, 15) is 9.59 Å². The number of carbonyl (C=O) groups excluding carboxylic acids is 2. The van der Waals surface area contributed by atoms with Gasteiger partial charge in [0.1, 0.15) is 5.78 Å². The van der Waals surface area contributed by atoms with E-state index in [1.807, 2.05) is 5.38 Å². The predicted octanol–water partition coefficient (Wildman–Crippen LogP) is 4.76. The van der Waals surface area contributed by atoms with Crippen molar-refractivity contribution in [1.82, 2.24) is 4.98 Å². The minimum Gasteiger partial charge on any atom is -0.302 e. The van der Waals surface area contributed by atoms with Crippen LogP contribution in [0.2, 0.25) is 0 Å². The molecule has 3 atom stereocenters. The molecule has 2 saturated carbocycles. The summed E-state index contributed by atoms with van der Waals surface area (Å²) < 4.78 is 0. The SMILES string of the molecule is Cc1ccc(C)c(-c2csc(NC(=O)C3C[C@H]4CCC[C@@H](C3)C4=O)n2)c1. The highest BCUT2D eigenvalue weighted by Gasteiger charge is 2.41. The summed E-state index contributed by atoms with van der Waals surface area (Å²) in [6, 6.07) is 6.32. The van der Waals surface area contributed by atoms with Crippen molar-refractivity contribution in [2.45, 2.75) is 46.0 Å². The second-order valence-electron chi connectivity index (χ2n) is 7.74. The highest BCUT2D eigenvalue weighted by Crippen LogP contribution is 2.40. The van der Waals surface area contributed by atoms with Gasteiger partial charge in [-0.2, -0.15) is 0 Å². The summed E-state index contributed by atoms with van der Waals surface area (Å²) in [5.41, 5.74) is 4.39. The van der Waals surface area contributed by atoms with Crippen LogP contribution in [-0.2, 0) is 9.59 Å². The summed E-state index contributed by atoms with van der Waals surface area (Å²) in [7, 11) is 0. The van der Waals surface area contributed by atoms with Crippen LogP contribution in [0.3, 0.4) is 0 Å². The van der Waals surface area contributed by atoms with Crippen LogP contribution < -0.4 is 5.32 Å². The van der Waals surface area contributed by atoms with Gasteiger partial charge in [0.15, 0.2) is 5.13 Å². The Morgan fingerprint density at radius 2 is 1.92 bits per heavy atom. The molecular formula is C21H24N2O2S. The van der Waals surface area contributed by atoms with Gasteiger partial charge in [0.2, 0.25) is 5.91 Å². The van der Waals surface area contributed by atoms with E-state index in [0.29, 0.717) is 23.8 Å². The molecule has 0 radical (unpaired) electrons. The number of carbonyl (C=O) groups is 2. The van der Waals surface area contributed by atoms with Gasteiger partial charge in [-0.25, -0.2) is 4.98 Å². The third kappa shape index (κ3) is 3.32. The molecule has 1 unspecified atom stereocenters.